The quantitative estimate of drug-likeness (QED) is 0.358. The minimum atomic E-state index is -0.327. The number of nitrogens with one attached hydrogen (secondary N) is 3. The van der Waals surface area contributed by atoms with E-state index in [4.69, 9.17) is 23.2 Å². The number of allylic oxidation sites excluding steroid dienone is 1. The van der Waals surface area contributed by atoms with Crippen molar-refractivity contribution in [3.63, 3.8) is 0 Å². The second-order valence-corrected chi connectivity index (χ2v) is 5.81. The van der Waals surface area contributed by atoms with Gasteiger partial charge in [0.25, 0.3) is 10.5 Å². The molecule has 0 atom stereocenters. The SMILES string of the molecule is [C-]#[N+]/C(C#N)=C(\NCC(=O)Nc1ccc2oc(=S)[nH]c2c1)c1ccccc1. The van der Waals surface area contributed by atoms with Gasteiger partial charge >= 0.3 is 0 Å². The fraction of sp³-hybridized carbons (Fsp3) is 0.0526. The Labute approximate surface area is 159 Å². The summed E-state index contributed by atoms with van der Waals surface area (Å²) in [5.74, 6) is -0.327. The zero-order valence-corrected chi connectivity index (χ0v) is 14.8. The van der Waals surface area contributed by atoms with Crippen molar-refractivity contribution in [2.75, 3.05) is 11.9 Å². The van der Waals surface area contributed by atoms with Crippen LogP contribution in [0.25, 0.3) is 21.6 Å². The molecule has 1 amide bonds. The van der Waals surface area contributed by atoms with E-state index in [2.05, 4.69) is 20.5 Å². The molecule has 0 spiro atoms. The van der Waals surface area contributed by atoms with Crippen LogP contribution < -0.4 is 10.6 Å². The first-order valence-electron chi connectivity index (χ1n) is 7.84. The van der Waals surface area contributed by atoms with Crippen molar-refractivity contribution >= 4 is 40.6 Å². The van der Waals surface area contributed by atoms with Crippen LogP contribution in [0, 0.1) is 22.7 Å². The van der Waals surface area contributed by atoms with Crippen LogP contribution in [0.1, 0.15) is 5.56 Å². The van der Waals surface area contributed by atoms with Crippen molar-refractivity contribution in [3.05, 3.63) is 76.0 Å². The Bertz CT molecular complexity index is 1150. The lowest BCUT2D eigenvalue weighted by Gasteiger charge is -2.12. The van der Waals surface area contributed by atoms with Crippen LogP contribution in [-0.4, -0.2) is 17.4 Å². The van der Waals surface area contributed by atoms with E-state index in [1.807, 2.05) is 12.1 Å². The molecular formula is C19H13N5O2S. The number of carbonyl (C=O) groups excluding carboxylic acids is 1. The summed E-state index contributed by atoms with van der Waals surface area (Å²) in [6.07, 6.45) is 0. The molecule has 2 aromatic carbocycles. The van der Waals surface area contributed by atoms with Crippen LogP contribution in [0.5, 0.6) is 0 Å². The van der Waals surface area contributed by atoms with E-state index in [9.17, 15) is 10.1 Å². The summed E-state index contributed by atoms with van der Waals surface area (Å²) in [5, 5.41) is 14.8. The molecule has 0 unspecified atom stereocenters. The first-order chi connectivity index (χ1) is 13.1. The number of fused-ring (bicyclic) bond motifs is 1. The van der Waals surface area contributed by atoms with Crippen molar-refractivity contribution in [2.45, 2.75) is 0 Å². The Morgan fingerprint density at radius 3 is 2.78 bits per heavy atom. The minimum absolute atomic E-state index is 0.107. The number of anilines is 1. The van der Waals surface area contributed by atoms with E-state index in [1.54, 1.807) is 42.5 Å². The van der Waals surface area contributed by atoms with Gasteiger partial charge in [0, 0.05) is 5.69 Å². The molecule has 1 aromatic heterocycles. The Morgan fingerprint density at radius 1 is 1.30 bits per heavy atom. The molecule has 1 heterocycles. The fourth-order valence-corrected chi connectivity index (χ4v) is 2.67. The zero-order valence-electron chi connectivity index (χ0n) is 13.9. The Balaban J connectivity index is 1.74. The fourth-order valence-electron chi connectivity index (χ4n) is 2.47. The number of benzene rings is 2. The van der Waals surface area contributed by atoms with Gasteiger partial charge in [-0.1, -0.05) is 30.3 Å². The van der Waals surface area contributed by atoms with Crippen LogP contribution in [-0.2, 0) is 4.79 Å². The van der Waals surface area contributed by atoms with Gasteiger partial charge < -0.3 is 20.0 Å². The number of nitriles is 1. The lowest BCUT2D eigenvalue weighted by molar-refractivity contribution is -0.115. The molecule has 27 heavy (non-hydrogen) atoms. The van der Waals surface area contributed by atoms with E-state index in [0.717, 1.165) is 0 Å². The molecule has 0 aliphatic heterocycles. The molecule has 3 N–H and O–H groups in total. The van der Waals surface area contributed by atoms with Crippen molar-refractivity contribution in [3.8, 4) is 6.07 Å². The molecule has 3 aromatic rings. The van der Waals surface area contributed by atoms with Gasteiger partial charge in [-0.05, 0) is 36.0 Å². The second-order valence-electron chi connectivity index (χ2n) is 5.44. The van der Waals surface area contributed by atoms with Crippen LogP contribution in [0.2, 0.25) is 0 Å². The number of hydrogen-bond donors (Lipinski definition) is 3. The summed E-state index contributed by atoms with van der Waals surface area (Å²) in [4.78, 5) is 18.6. The number of rotatable bonds is 5. The van der Waals surface area contributed by atoms with Gasteiger partial charge in [-0.25, -0.2) is 10.1 Å². The van der Waals surface area contributed by atoms with Gasteiger partial charge in [-0.2, -0.15) is 0 Å². The maximum atomic E-state index is 12.3. The number of nitrogens with zero attached hydrogens (tertiary/aromatic N) is 2. The molecular weight excluding hydrogens is 362 g/mol. The molecule has 132 valence electrons. The van der Waals surface area contributed by atoms with E-state index in [0.29, 0.717) is 28.0 Å². The number of amides is 1. The molecule has 3 rings (SSSR count). The third-order valence-corrected chi connectivity index (χ3v) is 3.83. The highest BCUT2D eigenvalue weighted by molar-refractivity contribution is 7.71. The van der Waals surface area contributed by atoms with Crippen LogP contribution in [0.3, 0.4) is 0 Å². The van der Waals surface area contributed by atoms with Crippen LogP contribution in [0.4, 0.5) is 5.69 Å². The number of hydrogen-bond acceptors (Lipinski definition) is 5. The van der Waals surface area contributed by atoms with Crippen molar-refractivity contribution < 1.29 is 9.21 Å². The van der Waals surface area contributed by atoms with Crippen molar-refractivity contribution in [1.82, 2.24) is 10.3 Å². The average molecular weight is 375 g/mol. The van der Waals surface area contributed by atoms with Crippen molar-refractivity contribution in [2.24, 2.45) is 0 Å². The molecule has 0 aliphatic carbocycles. The number of carbonyl (C=O) groups is 1. The van der Waals surface area contributed by atoms with Crippen LogP contribution in [0.15, 0.2) is 58.6 Å². The Kier molecular flexibility index (Phi) is 5.31. The molecule has 0 saturated heterocycles. The van der Waals surface area contributed by atoms with E-state index in [-0.39, 0.29) is 23.0 Å². The lowest BCUT2D eigenvalue weighted by Crippen LogP contribution is -2.27. The third kappa shape index (κ3) is 4.21. The topological polar surface area (TPSA) is 98.2 Å². The lowest BCUT2D eigenvalue weighted by atomic mass is 10.1. The molecule has 8 heteroatoms. The standard InChI is InChI=1S/C19H13N5O2S/c1-21-15(10-20)18(12-5-3-2-4-6-12)22-11-17(25)23-13-7-8-16-14(9-13)24-19(27)26-16/h2-9,22H,11H2,(H,23,25)(H,24,27)/b18-15-. The number of H-pyrrole nitrogens is 1. The van der Waals surface area contributed by atoms with E-state index >= 15 is 0 Å². The average Bonchev–Trinajstić information content (AvgIpc) is 3.05. The van der Waals surface area contributed by atoms with Gasteiger partial charge in [0.15, 0.2) is 5.58 Å². The van der Waals surface area contributed by atoms with E-state index in [1.165, 1.54) is 0 Å². The van der Waals surface area contributed by atoms with Gasteiger partial charge in [0.1, 0.15) is 0 Å². The largest absolute Gasteiger partial charge is 0.429 e. The van der Waals surface area contributed by atoms with Gasteiger partial charge in [-0.3, -0.25) is 4.79 Å². The molecule has 0 aliphatic rings. The smallest absolute Gasteiger partial charge is 0.284 e. The summed E-state index contributed by atoms with van der Waals surface area (Å²) in [6, 6.07) is 15.9. The maximum absolute atomic E-state index is 12.3. The van der Waals surface area contributed by atoms with Crippen LogP contribution >= 0.6 is 12.2 Å². The molecule has 0 bridgehead atoms. The van der Waals surface area contributed by atoms with E-state index < -0.39 is 0 Å². The Hall–Kier alpha value is -3.88. The van der Waals surface area contributed by atoms with Gasteiger partial charge in [0.05, 0.1) is 30.4 Å². The predicted molar refractivity (Wildman–Crippen MR) is 104 cm³/mol. The molecule has 0 fully saturated rings. The maximum Gasteiger partial charge on any atom is 0.284 e. The zero-order chi connectivity index (χ0) is 19.2. The summed E-state index contributed by atoms with van der Waals surface area (Å²) in [5.41, 5.74) is 2.71. The molecule has 0 saturated carbocycles. The monoisotopic (exact) mass is 375 g/mol. The highest BCUT2D eigenvalue weighted by Crippen LogP contribution is 2.19. The molecule has 0 radical (unpaired) electrons. The van der Waals surface area contributed by atoms with Gasteiger partial charge in [-0.15, -0.1) is 0 Å². The minimum Gasteiger partial charge on any atom is -0.429 e. The normalized spacial score (nSPS) is 11.2. The molecule has 7 nitrogen and oxygen atoms in total. The highest BCUT2D eigenvalue weighted by Gasteiger charge is 2.11. The summed E-state index contributed by atoms with van der Waals surface area (Å²) < 4.78 is 5.28. The summed E-state index contributed by atoms with van der Waals surface area (Å²) in [6.45, 7) is 7.06. The Morgan fingerprint density at radius 2 is 2.07 bits per heavy atom. The number of aromatic nitrogens is 1. The summed E-state index contributed by atoms with van der Waals surface area (Å²) in [7, 11) is 0. The summed E-state index contributed by atoms with van der Waals surface area (Å²) >= 11 is 4.93. The van der Waals surface area contributed by atoms with Gasteiger partial charge in [0.2, 0.25) is 5.91 Å². The predicted octanol–water partition coefficient (Wildman–Crippen LogP) is 3.83. The van der Waals surface area contributed by atoms with Crippen molar-refractivity contribution in [1.29, 1.82) is 5.26 Å². The third-order valence-electron chi connectivity index (χ3n) is 3.65. The number of aromatic amines is 1. The first-order valence-corrected chi connectivity index (χ1v) is 8.25. The highest BCUT2D eigenvalue weighted by atomic mass is 32.1. The number of oxazole rings is 1. The first kappa shape index (κ1) is 17.9. The second kappa shape index (κ2) is 8.00.